The Labute approximate surface area is 190 Å². The molecule has 1 heterocycles. The summed E-state index contributed by atoms with van der Waals surface area (Å²) in [6.07, 6.45) is 2.51. The molecule has 2 aromatic rings. The van der Waals surface area contributed by atoms with E-state index in [-0.39, 0.29) is 17.7 Å². The predicted octanol–water partition coefficient (Wildman–Crippen LogP) is 4.97. The maximum Gasteiger partial charge on any atom is 0.253 e. The van der Waals surface area contributed by atoms with Crippen molar-refractivity contribution in [2.24, 2.45) is 11.8 Å². The predicted molar refractivity (Wildman–Crippen MR) is 126 cm³/mol. The van der Waals surface area contributed by atoms with Crippen molar-refractivity contribution in [2.45, 2.75) is 46.2 Å². The van der Waals surface area contributed by atoms with Crippen LogP contribution in [-0.2, 0) is 11.3 Å². The second-order valence-electron chi connectivity index (χ2n) is 8.82. The van der Waals surface area contributed by atoms with Gasteiger partial charge in [-0.15, -0.1) is 0 Å². The standard InChI is InChI=1S/C25H32ClN3O2/c1-17(2)23(28-24(30)21-6-4-5-7-22(21)26)25(31)27-20-10-8-19(9-11-20)16-29-14-12-18(3)13-15-29/h4-11,17-18,23H,12-16H2,1-3H3,(H,27,31)(H,28,30). The molecule has 6 heteroatoms. The highest BCUT2D eigenvalue weighted by Crippen LogP contribution is 2.20. The van der Waals surface area contributed by atoms with Crippen LogP contribution >= 0.6 is 11.6 Å². The number of hydrogen-bond donors (Lipinski definition) is 2. The summed E-state index contributed by atoms with van der Waals surface area (Å²) >= 11 is 6.12. The summed E-state index contributed by atoms with van der Waals surface area (Å²) in [5, 5.41) is 6.11. The minimum Gasteiger partial charge on any atom is -0.340 e. The fourth-order valence-electron chi connectivity index (χ4n) is 3.79. The minimum atomic E-state index is -0.668. The molecule has 0 saturated carbocycles. The van der Waals surface area contributed by atoms with Gasteiger partial charge in [0.15, 0.2) is 0 Å². The van der Waals surface area contributed by atoms with Gasteiger partial charge in [-0.1, -0.05) is 56.6 Å². The van der Waals surface area contributed by atoms with E-state index in [1.165, 1.54) is 18.4 Å². The van der Waals surface area contributed by atoms with E-state index < -0.39 is 6.04 Å². The van der Waals surface area contributed by atoms with Gasteiger partial charge in [-0.3, -0.25) is 14.5 Å². The molecule has 166 valence electrons. The Bertz CT molecular complexity index is 890. The van der Waals surface area contributed by atoms with E-state index in [0.717, 1.165) is 31.2 Å². The third-order valence-electron chi connectivity index (χ3n) is 5.86. The van der Waals surface area contributed by atoms with Crippen LogP contribution in [0.5, 0.6) is 0 Å². The van der Waals surface area contributed by atoms with Crippen LogP contribution in [0.4, 0.5) is 5.69 Å². The second kappa shape index (κ2) is 10.8. The maximum atomic E-state index is 12.9. The number of nitrogens with one attached hydrogen (secondary N) is 2. The molecule has 31 heavy (non-hydrogen) atoms. The summed E-state index contributed by atoms with van der Waals surface area (Å²) in [5.74, 6) is 0.146. The van der Waals surface area contributed by atoms with E-state index in [1.54, 1.807) is 24.3 Å². The molecule has 1 atom stereocenters. The smallest absolute Gasteiger partial charge is 0.253 e. The molecule has 1 unspecified atom stereocenters. The molecule has 0 aliphatic carbocycles. The quantitative estimate of drug-likeness (QED) is 0.638. The summed E-state index contributed by atoms with van der Waals surface area (Å²) < 4.78 is 0. The zero-order valence-electron chi connectivity index (χ0n) is 18.5. The molecule has 2 aromatic carbocycles. The number of benzene rings is 2. The van der Waals surface area contributed by atoms with E-state index in [9.17, 15) is 9.59 Å². The summed E-state index contributed by atoms with van der Waals surface area (Å²) in [6, 6.07) is 14.1. The van der Waals surface area contributed by atoms with Gasteiger partial charge in [0.1, 0.15) is 6.04 Å². The number of anilines is 1. The fraction of sp³-hybridized carbons (Fsp3) is 0.440. The summed E-state index contributed by atoms with van der Waals surface area (Å²) in [7, 11) is 0. The van der Waals surface area contributed by atoms with Crippen molar-refractivity contribution >= 4 is 29.1 Å². The number of carbonyl (C=O) groups is 2. The van der Waals surface area contributed by atoms with Crippen LogP contribution in [0.1, 0.15) is 49.5 Å². The van der Waals surface area contributed by atoms with Crippen molar-refractivity contribution in [3.8, 4) is 0 Å². The molecule has 1 aliphatic heterocycles. The Balaban J connectivity index is 1.59. The molecule has 3 rings (SSSR count). The monoisotopic (exact) mass is 441 g/mol. The molecule has 5 nitrogen and oxygen atoms in total. The van der Waals surface area contributed by atoms with E-state index in [0.29, 0.717) is 10.6 Å². The highest BCUT2D eigenvalue weighted by molar-refractivity contribution is 6.33. The SMILES string of the molecule is CC1CCN(Cc2ccc(NC(=O)C(NC(=O)c3ccccc3Cl)C(C)C)cc2)CC1. The number of piperidine rings is 1. The van der Waals surface area contributed by atoms with E-state index >= 15 is 0 Å². The van der Waals surface area contributed by atoms with Gasteiger partial charge in [0.05, 0.1) is 10.6 Å². The van der Waals surface area contributed by atoms with Gasteiger partial charge in [-0.25, -0.2) is 0 Å². The third-order valence-corrected chi connectivity index (χ3v) is 6.19. The average molecular weight is 442 g/mol. The molecular weight excluding hydrogens is 410 g/mol. The average Bonchev–Trinajstić information content (AvgIpc) is 2.75. The van der Waals surface area contributed by atoms with E-state index in [4.69, 9.17) is 11.6 Å². The first kappa shape index (κ1) is 23.3. The van der Waals surface area contributed by atoms with Crippen LogP contribution in [0.3, 0.4) is 0 Å². The minimum absolute atomic E-state index is 0.0767. The van der Waals surface area contributed by atoms with Gasteiger partial charge in [0.25, 0.3) is 5.91 Å². The first-order chi connectivity index (χ1) is 14.8. The van der Waals surface area contributed by atoms with E-state index in [1.807, 2.05) is 26.0 Å². The second-order valence-corrected chi connectivity index (χ2v) is 9.23. The van der Waals surface area contributed by atoms with Crippen molar-refractivity contribution in [3.63, 3.8) is 0 Å². The molecule has 0 aromatic heterocycles. The molecular formula is C25H32ClN3O2. The number of nitrogens with zero attached hydrogens (tertiary/aromatic N) is 1. The molecule has 1 fully saturated rings. The first-order valence-corrected chi connectivity index (χ1v) is 11.4. The molecule has 1 aliphatic rings. The molecule has 0 radical (unpaired) electrons. The lowest BCUT2D eigenvalue weighted by Gasteiger charge is -2.30. The number of hydrogen-bond acceptors (Lipinski definition) is 3. The molecule has 2 N–H and O–H groups in total. The van der Waals surface area contributed by atoms with Gasteiger partial charge >= 0.3 is 0 Å². The molecule has 1 saturated heterocycles. The third kappa shape index (κ3) is 6.55. The molecule has 0 spiro atoms. The Morgan fingerprint density at radius 2 is 1.71 bits per heavy atom. The number of halogens is 1. The largest absolute Gasteiger partial charge is 0.340 e. The van der Waals surface area contributed by atoms with Gasteiger partial charge in [-0.2, -0.15) is 0 Å². The van der Waals surface area contributed by atoms with Crippen LogP contribution < -0.4 is 10.6 Å². The topological polar surface area (TPSA) is 61.4 Å². The van der Waals surface area contributed by atoms with Crippen molar-refractivity contribution in [3.05, 3.63) is 64.7 Å². The highest BCUT2D eigenvalue weighted by atomic mass is 35.5. The summed E-state index contributed by atoms with van der Waals surface area (Å²) in [6.45, 7) is 9.33. The first-order valence-electron chi connectivity index (χ1n) is 11.0. The van der Waals surface area contributed by atoms with Gasteiger partial charge in [0, 0.05) is 12.2 Å². The fourth-order valence-corrected chi connectivity index (χ4v) is 4.01. The lowest BCUT2D eigenvalue weighted by Crippen LogP contribution is -2.47. The zero-order valence-corrected chi connectivity index (χ0v) is 19.3. The van der Waals surface area contributed by atoms with Crippen LogP contribution in [0.15, 0.2) is 48.5 Å². The van der Waals surface area contributed by atoms with Crippen LogP contribution in [0.25, 0.3) is 0 Å². The lowest BCUT2D eigenvalue weighted by molar-refractivity contribution is -0.118. The summed E-state index contributed by atoms with van der Waals surface area (Å²) in [4.78, 5) is 28.0. The Morgan fingerprint density at radius 1 is 1.06 bits per heavy atom. The van der Waals surface area contributed by atoms with Crippen molar-refractivity contribution in [2.75, 3.05) is 18.4 Å². The van der Waals surface area contributed by atoms with Crippen molar-refractivity contribution in [1.82, 2.24) is 10.2 Å². The Morgan fingerprint density at radius 3 is 2.32 bits per heavy atom. The van der Waals surface area contributed by atoms with E-state index in [2.05, 4.69) is 34.6 Å². The molecule has 0 bridgehead atoms. The van der Waals surface area contributed by atoms with Crippen LogP contribution in [-0.4, -0.2) is 35.8 Å². The number of rotatable bonds is 7. The highest BCUT2D eigenvalue weighted by Gasteiger charge is 2.25. The Kier molecular flexibility index (Phi) is 8.10. The molecule has 2 amide bonds. The van der Waals surface area contributed by atoms with Crippen LogP contribution in [0, 0.1) is 11.8 Å². The Hall–Kier alpha value is -2.37. The number of amides is 2. The summed E-state index contributed by atoms with van der Waals surface area (Å²) in [5.41, 5.74) is 2.32. The van der Waals surface area contributed by atoms with Gasteiger partial charge in [0.2, 0.25) is 5.91 Å². The van der Waals surface area contributed by atoms with Crippen molar-refractivity contribution in [1.29, 1.82) is 0 Å². The van der Waals surface area contributed by atoms with Gasteiger partial charge < -0.3 is 10.6 Å². The van der Waals surface area contributed by atoms with Crippen LogP contribution in [0.2, 0.25) is 5.02 Å². The lowest BCUT2D eigenvalue weighted by atomic mass is 9.99. The normalized spacial score (nSPS) is 16.2. The number of likely N-dealkylation sites (tertiary alicyclic amines) is 1. The zero-order chi connectivity index (χ0) is 22.4. The number of carbonyl (C=O) groups excluding carboxylic acids is 2. The maximum absolute atomic E-state index is 12.9. The van der Waals surface area contributed by atoms with Gasteiger partial charge in [-0.05, 0) is 67.6 Å². The van der Waals surface area contributed by atoms with Crippen molar-refractivity contribution < 1.29 is 9.59 Å².